The molecule has 88 valence electrons. The molecule has 0 bridgehead atoms. The summed E-state index contributed by atoms with van der Waals surface area (Å²) >= 11 is 0. The SMILES string of the molecule is NCCOCCN1CCC(C(=O)O)CC1. The van der Waals surface area contributed by atoms with Crippen molar-refractivity contribution >= 4 is 5.97 Å². The Morgan fingerprint density at radius 2 is 2.07 bits per heavy atom. The van der Waals surface area contributed by atoms with Gasteiger partial charge in [0.2, 0.25) is 0 Å². The smallest absolute Gasteiger partial charge is 0.306 e. The van der Waals surface area contributed by atoms with Crippen molar-refractivity contribution in [1.29, 1.82) is 0 Å². The fraction of sp³-hybridized carbons (Fsp3) is 0.900. The monoisotopic (exact) mass is 216 g/mol. The summed E-state index contributed by atoms with van der Waals surface area (Å²) in [6, 6.07) is 0. The van der Waals surface area contributed by atoms with Crippen molar-refractivity contribution in [2.75, 3.05) is 39.4 Å². The highest BCUT2D eigenvalue weighted by atomic mass is 16.5. The second-order valence-corrected chi connectivity index (χ2v) is 3.86. The molecule has 5 heteroatoms. The van der Waals surface area contributed by atoms with Crippen LogP contribution in [-0.2, 0) is 9.53 Å². The fourth-order valence-electron chi connectivity index (χ4n) is 1.78. The first kappa shape index (κ1) is 12.4. The molecule has 1 heterocycles. The van der Waals surface area contributed by atoms with Crippen molar-refractivity contribution in [2.45, 2.75) is 12.8 Å². The Morgan fingerprint density at radius 3 is 2.60 bits per heavy atom. The number of piperidine rings is 1. The Morgan fingerprint density at radius 1 is 1.40 bits per heavy atom. The normalized spacial score (nSPS) is 19.3. The van der Waals surface area contributed by atoms with Crippen LogP contribution in [-0.4, -0.2) is 55.4 Å². The predicted molar refractivity (Wildman–Crippen MR) is 56.7 cm³/mol. The van der Waals surface area contributed by atoms with Crippen LogP contribution in [0.15, 0.2) is 0 Å². The summed E-state index contributed by atoms with van der Waals surface area (Å²) in [5, 5.41) is 8.81. The molecule has 1 saturated heterocycles. The van der Waals surface area contributed by atoms with Gasteiger partial charge in [-0.3, -0.25) is 4.79 Å². The van der Waals surface area contributed by atoms with Crippen molar-refractivity contribution < 1.29 is 14.6 Å². The number of hydrogen-bond donors (Lipinski definition) is 2. The van der Waals surface area contributed by atoms with Crippen LogP contribution in [0.1, 0.15) is 12.8 Å². The van der Waals surface area contributed by atoms with Gasteiger partial charge in [-0.25, -0.2) is 0 Å². The maximum absolute atomic E-state index is 10.7. The molecule has 0 aliphatic carbocycles. The second kappa shape index (κ2) is 6.76. The first-order valence-electron chi connectivity index (χ1n) is 5.47. The molecule has 5 nitrogen and oxygen atoms in total. The first-order valence-corrected chi connectivity index (χ1v) is 5.47. The van der Waals surface area contributed by atoms with Gasteiger partial charge in [-0.2, -0.15) is 0 Å². The number of carboxylic acid groups (broad SMARTS) is 1. The van der Waals surface area contributed by atoms with Gasteiger partial charge in [-0.15, -0.1) is 0 Å². The third-order valence-electron chi connectivity index (χ3n) is 2.75. The van der Waals surface area contributed by atoms with Crippen LogP contribution >= 0.6 is 0 Å². The van der Waals surface area contributed by atoms with Gasteiger partial charge in [0.05, 0.1) is 19.1 Å². The van der Waals surface area contributed by atoms with Gasteiger partial charge in [0.15, 0.2) is 0 Å². The molecule has 3 N–H and O–H groups in total. The van der Waals surface area contributed by atoms with Gasteiger partial charge in [0.1, 0.15) is 0 Å². The lowest BCUT2D eigenvalue weighted by atomic mass is 9.97. The quantitative estimate of drug-likeness (QED) is 0.599. The van der Waals surface area contributed by atoms with E-state index in [0.717, 1.165) is 32.5 Å². The van der Waals surface area contributed by atoms with Crippen LogP contribution in [0.2, 0.25) is 0 Å². The van der Waals surface area contributed by atoms with E-state index in [1.54, 1.807) is 0 Å². The number of carboxylic acids is 1. The van der Waals surface area contributed by atoms with Crippen LogP contribution in [0.4, 0.5) is 0 Å². The van der Waals surface area contributed by atoms with Crippen molar-refractivity contribution in [3.63, 3.8) is 0 Å². The summed E-state index contributed by atoms with van der Waals surface area (Å²) < 4.78 is 5.28. The molecule has 1 aliphatic rings. The van der Waals surface area contributed by atoms with Crippen LogP contribution in [0.5, 0.6) is 0 Å². The molecule has 0 spiro atoms. The van der Waals surface area contributed by atoms with E-state index in [-0.39, 0.29) is 5.92 Å². The maximum atomic E-state index is 10.7. The van der Waals surface area contributed by atoms with Gasteiger partial charge in [0.25, 0.3) is 0 Å². The highest BCUT2D eigenvalue weighted by Gasteiger charge is 2.23. The minimum atomic E-state index is -0.658. The van der Waals surface area contributed by atoms with Crippen molar-refractivity contribution in [2.24, 2.45) is 11.7 Å². The van der Waals surface area contributed by atoms with E-state index in [2.05, 4.69) is 4.90 Å². The molecule has 1 aliphatic heterocycles. The molecule has 0 aromatic heterocycles. The zero-order valence-electron chi connectivity index (χ0n) is 9.02. The number of nitrogens with zero attached hydrogens (tertiary/aromatic N) is 1. The summed E-state index contributed by atoms with van der Waals surface area (Å²) in [7, 11) is 0. The molecule has 0 amide bonds. The molecule has 0 saturated carbocycles. The van der Waals surface area contributed by atoms with E-state index in [4.69, 9.17) is 15.6 Å². The van der Waals surface area contributed by atoms with Crippen molar-refractivity contribution in [3.8, 4) is 0 Å². The Kier molecular flexibility index (Phi) is 5.60. The predicted octanol–water partition coefficient (Wildman–Crippen LogP) is -0.242. The van der Waals surface area contributed by atoms with Gasteiger partial charge in [-0.1, -0.05) is 0 Å². The summed E-state index contributed by atoms with van der Waals surface area (Å²) in [5.41, 5.74) is 5.30. The fourth-order valence-corrected chi connectivity index (χ4v) is 1.78. The Hall–Kier alpha value is -0.650. The molecule has 1 rings (SSSR count). The number of carbonyl (C=O) groups is 1. The van der Waals surface area contributed by atoms with Gasteiger partial charge < -0.3 is 20.5 Å². The van der Waals surface area contributed by atoms with E-state index < -0.39 is 5.97 Å². The van der Waals surface area contributed by atoms with Crippen molar-refractivity contribution in [1.82, 2.24) is 4.90 Å². The molecular weight excluding hydrogens is 196 g/mol. The zero-order valence-corrected chi connectivity index (χ0v) is 9.02. The number of rotatable bonds is 6. The van der Waals surface area contributed by atoms with E-state index in [0.29, 0.717) is 19.8 Å². The first-order chi connectivity index (χ1) is 7.24. The molecular formula is C10H20N2O3. The van der Waals surface area contributed by atoms with E-state index in [1.807, 2.05) is 0 Å². The maximum Gasteiger partial charge on any atom is 0.306 e. The highest BCUT2D eigenvalue weighted by Crippen LogP contribution is 2.16. The number of nitrogens with two attached hydrogens (primary N) is 1. The van der Waals surface area contributed by atoms with Crippen LogP contribution in [0.3, 0.4) is 0 Å². The third kappa shape index (κ3) is 4.59. The summed E-state index contributed by atoms with van der Waals surface area (Å²) in [6.07, 6.45) is 1.51. The van der Waals surface area contributed by atoms with E-state index in [9.17, 15) is 4.79 Å². The lowest BCUT2D eigenvalue weighted by molar-refractivity contribution is -0.143. The van der Waals surface area contributed by atoms with Crippen LogP contribution < -0.4 is 5.73 Å². The molecule has 1 fully saturated rings. The Bertz CT molecular complexity index is 191. The minimum Gasteiger partial charge on any atom is -0.481 e. The van der Waals surface area contributed by atoms with Gasteiger partial charge >= 0.3 is 5.97 Å². The number of hydrogen-bond acceptors (Lipinski definition) is 4. The molecule has 0 radical (unpaired) electrons. The average molecular weight is 216 g/mol. The zero-order chi connectivity index (χ0) is 11.1. The average Bonchev–Trinajstić information content (AvgIpc) is 2.25. The number of likely N-dealkylation sites (tertiary alicyclic amines) is 1. The number of ether oxygens (including phenoxy) is 1. The molecule has 0 aromatic carbocycles. The van der Waals surface area contributed by atoms with Gasteiger partial charge in [-0.05, 0) is 25.9 Å². The van der Waals surface area contributed by atoms with Gasteiger partial charge in [0, 0.05) is 13.1 Å². The molecule has 0 atom stereocenters. The summed E-state index contributed by atoms with van der Waals surface area (Å²) in [5.74, 6) is -0.805. The van der Waals surface area contributed by atoms with Crippen LogP contribution in [0.25, 0.3) is 0 Å². The largest absolute Gasteiger partial charge is 0.481 e. The lowest BCUT2D eigenvalue weighted by Gasteiger charge is -2.29. The second-order valence-electron chi connectivity index (χ2n) is 3.86. The lowest BCUT2D eigenvalue weighted by Crippen LogP contribution is -2.38. The van der Waals surface area contributed by atoms with E-state index in [1.165, 1.54) is 0 Å². The standard InChI is InChI=1S/C10H20N2O3/c11-3-7-15-8-6-12-4-1-9(2-5-12)10(13)14/h9H,1-8,11H2,(H,13,14). The third-order valence-corrected chi connectivity index (χ3v) is 2.75. The number of aliphatic carboxylic acids is 1. The minimum absolute atomic E-state index is 0.147. The Labute approximate surface area is 90.2 Å². The highest BCUT2D eigenvalue weighted by molar-refractivity contribution is 5.70. The molecule has 0 aromatic rings. The molecule has 15 heavy (non-hydrogen) atoms. The van der Waals surface area contributed by atoms with E-state index >= 15 is 0 Å². The van der Waals surface area contributed by atoms with Crippen molar-refractivity contribution in [3.05, 3.63) is 0 Å². The molecule has 0 unspecified atom stereocenters. The Balaban J connectivity index is 2.07. The topological polar surface area (TPSA) is 75.8 Å². The van der Waals surface area contributed by atoms with Crippen LogP contribution in [0, 0.1) is 5.92 Å². The summed E-state index contributed by atoms with van der Waals surface area (Å²) in [6.45, 7) is 4.46. The summed E-state index contributed by atoms with van der Waals surface area (Å²) in [4.78, 5) is 12.9.